The maximum Gasteiger partial charge on any atom is 0.371 e. The second-order valence-corrected chi connectivity index (χ2v) is 4.67. The van der Waals surface area contributed by atoms with E-state index in [0.717, 1.165) is 23.4 Å². The van der Waals surface area contributed by atoms with Crippen molar-refractivity contribution >= 4 is 5.97 Å². The molecular weight excluding hydrogens is 246 g/mol. The first-order chi connectivity index (χ1) is 8.97. The summed E-state index contributed by atoms with van der Waals surface area (Å²) in [5.41, 5.74) is 2.02. The zero-order valence-corrected chi connectivity index (χ0v) is 11.3. The first-order valence-electron chi connectivity index (χ1n) is 6.01. The molecule has 0 aromatic carbocycles. The largest absolute Gasteiger partial charge is 0.475 e. The van der Waals surface area contributed by atoms with Crippen LogP contribution < -0.4 is 0 Å². The van der Waals surface area contributed by atoms with Gasteiger partial charge in [0.15, 0.2) is 0 Å². The van der Waals surface area contributed by atoms with E-state index < -0.39 is 5.97 Å². The van der Waals surface area contributed by atoms with Gasteiger partial charge in [0, 0.05) is 24.2 Å². The average Bonchev–Trinajstić information content (AvgIpc) is 2.87. The third-order valence-electron chi connectivity index (χ3n) is 3.08. The Bertz CT molecular complexity index is 582. The zero-order chi connectivity index (χ0) is 14.0. The number of hydrogen-bond acceptors (Lipinski definition) is 4. The van der Waals surface area contributed by atoms with Crippen molar-refractivity contribution in [3.05, 3.63) is 46.8 Å². The molecule has 0 saturated heterocycles. The van der Waals surface area contributed by atoms with E-state index in [4.69, 9.17) is 13.9 Å². The fourth-order valence-electron chi connectivity index (χ4n) is 1.99. The molecule has 5 nitrogen and oxygen atoms in total. The van der Waals surface area contributed by atoms with Crippen molar-refractivity contribution in [2.75, 3.05) is 7.05 Å². The van der Waals surface area contributed by atoms with E-state index >= 15 is 0 Å². The molecule has 2 heterocycles. The normalized spacial score (nSPS) is 11.2. The summed E-state index contributed by atoms with van der Waals surface area (Å²) in [6, 6.07) is 3.52. The smallest absolute Gasteiger partial charge is 0.371 e. The van der Waals surface area contributed by atoms with Crippen molar-refractivity contribution in [2.24, 2.45) is 0 Å². The second kappa shape index (κ2) is 5.32. The standard InChI is InChI=1S/C14H17NO4/c1-9-11(4-5-18-9)7-15(3)8-12-6-13(14(16)17)19-10(12)2/h4-6H,7-8H2,1-3H3,(H,16,17). The highest BCUT2D eigenvalue weighted by Gasteiger charge is 2.15. The molecule has 0 fully saturated rings. The first kappa shape index (κ1) is 13.4. The average molecular weight is 263 g/mol. The van der Waals surface area contributed by atoms with Crippen LogP contribution >= 0.6 is 0 Å². The number of aryl methyl sites for hydroxylation is 2. The second-order valence-electron chi connectivity index (χ2n) is 4.67. The third kappa shape index (κ3) is 3.06. The summed E-state index contributed by atoms with van der Waals surface area (Å²) in [5.74, 6) is 0.498. The Balaban J connectivity index is 2.04. The van der Waals surface area contributed by atoms with Crippen LogP contribution in [0.25, 0.3) is 0 Å². The van der Waals surface area contributed by atoms with Crippen LogP contribution in [0.3, 0.4) is 0 Å². The van der Waals surface area contributed by atoms with Gasteiger partial charge in [0.2, 0.25) is 5.76 Å². The van der Waals surface area contributed by atoms with Gasteiger partial charge in [-0.05, 0) is 33.0 Å². The van der Waals surface area contributed by atoms with Gasteiger partial charge in [-0.15, -0.1) is 0 Å². The molecule has 102 valence electrons. The molecule has 1 N–H and O–H groups in total. The van der Waals surface area contributed by atoms with Crippen molar-refractivity contribution in [1.29, 1.82) is 0 Å². The van der Waals surface area contributed by atoms with Crippen molar-refractivity contribution in [3.63, 3.8) is 0 Å². The maximum atomic E-state index is 10.8. The van der Waals surface area contributed by atoms with Crippen LogP contribution in [0.15, 0.2) is 27.2 Å². The molecule has 0 spiro atoms. The Morgan fingerprint density at radius 1 is 1.26 bits per heavy atom. The molecule has 5 heteroatoms. The highest BCUT2D eigenvalue weighted by atomic mass is 16.4. The van der Waals surface area contributed by atoms with Crippen LogP contribution in [-0.4, -0.2) is 23.0 Å². The summed E-state index contributed by atoms with van der Waals surface area (Å²) in [5, 5.41) is 8.88. The number of carboxylic acid groups (broad SMARTS) is 1. The number of carboxylic acids is 1. The van der Waals surface area contributed by atoms with Crippen molar-refractivity contribution in [1.82, 2.24) is 4.90 Å². The summed E-state index contributed by atoms with van der Waals surface area (Å²) < 4.78 is 10.4. The Morgan fingerprint density at radius 3 is 2.47 bits per heavy atom. The molecule has 0 aliphatic carbocycles. The predicted octanol–water partition coefficient (Wildman–Crippen LogP) is 2.82. The first-order valence-corrected chi connectivity index (χ1v) is 6.01. The quantitative estimate of drug-likeness (QED) is 0.898. The lowest BCUT2D eigenvalue weighted by Gasteiger charge is -2.15. The maximum absolute atomic E-state index is 10.8. The van der Waals surface area contributed by atoms with Crippen LogP contribution in [0.4, 0.5) is 0 Å². The van der Waals surface area contributed by atoms with Gasteiger partial charge in [0.05, 0.1) is 6.26 Å². The Morgan fingerprint density at radius 2 is 1.95 bits per heavy atom. The molecule has 19 heavy (non-hydrogen) atoms. The van der Waals surface area contributed by atoms with Gasteiger partial charge in [-0.3, -0.25) is 4.90 Å². The number of hydrogen-bond donors (Lipinski definition) is 1. The zero-order valence-electron chi connectivity index (χ0n) is 11.3. The van der Waals surface area contributed by atoms with Crippen molar-refractivity contribution < 1.29 is 18.7 Å². The predicted molar refractivity (Wildman–Crippen MR) is 69.0 cm³/mol. The van der Waals surface area contributed by atoms with Gasteiger partial charge in [-0.25, -0.2) is 4.79 Å². The van der Waals surface area contributed by atoms with E-state index in [-0.39, 0.29) is 5.76 Å². The molecular formula is C14H17NO4. The monoisotopic (exact) mass is 263 g/mol. The van der Waals surface area contributed by atoms with E-state index in [2.05, 4.69) is 4.90 Å². The Hall–Kier alpha value is -2.01. The summed E-state index contributed by atoms with van der Waals surface area (Å²) in [6.07, 6.45) is 1.67. The summed E-state index contributed by atoms with van der Waals surface area (Å²) in [7, 11) is 1.97. The Kier molecular flexibility index (Phi) is 3.76. The number of nitrogens with zero attached hydrogens (tertiary/aromatic N) is 1. The molecule has 2 rings (SSSR count). The van der Waals surface area contributed by atoms with Gasteiger partial charge >= 0.3 is 5.97 Å². The van der Waals surface area contributed by atoms with E-state index in [9.17, 15) is 4.79 Å². The SMILES string of the molecule is Cc1occc1CN(C)Cc1cc(C(=O)O)oc1C. The fraction of sp³-hybridized carbons (Fsp3) is 0.357. The van der Waals surface area contributed by atoms with Crippen LogP contribution in [0, 0.1) is 13.8 Å². The minimum Gasteiger partial charge on any atom is -0.475 e. The molecule has 2 aromatic rings. The molecule has 0 bridgehead atoms. The van der Waals surface area contributed by atoms with Gasteiger partial charge in [0.25, 0.3) is 0 Å². The highest BCUT2D eigenvalue weighted by Crippen LogP contribution is 2.18. The molecule has 0 saturated carbocycles. The van der Waals surface area contributed by atoms with Gasteiger partial charge in [-0.1, -0.05) is 0 Å². The topological polar surface area (TPSA) is 66.8 Å². The lowest BCUT2D eigenvalue weighted by Crippen LogP contribution is -2.17. The van der Waals surface area contributed by atoms with E-state index in [1.54, 1.807) is 19.3 Å². The molecule has 0 radical (unpaired) electrons. The third-order valence-corrected chi connectivity index (χ3v) is 3.08. The number of furan rings is 2. The summed E-state index contributed by atoms with van der Waals surface area (Å²) in [6.45, 7) is 5.08. The molecule has 0 aliphatic rings. The van der Waals surface area contributed by atoms with E-state index in [0.29, 0.717) is 12.3 Å². The van der Waals surface area contributed by atoms with E-state index in [1.165, 1.54) is 0 Å². The highest BCUT2D eigenvalue weighted by molar-refractivity contribution is 5.84. The minimum absolute atomic E-state index is 0.0135. The lowest BCUT2D eigenvalue weighted by molar-refractivity contribution is 0.0661. The molecule has 0 atom stereocenters. The van der Waals surface area contributed by atoms with Gasteiger partial charge in [0.1, 0.15) is 11.5 Å². The van der Waals surface area contributed by atoms with Crippen LogP contribution in [0.2, 0.25) is 0 Å². The van der Waals surface area contributed by atoms with Crippen LogP contribution in [-0.2, 0) is 13.1 Å². The van der Waals surface area contributed by atoms with Crippen LogP contribution in [0.5, 0.6) is 0 Å². The van der Waals surface area contributed by atoms with Crippen molar-refractivity contribution in [2.45, 2.75) is 26.9 Å². The molecule has 2 aromatic heterocycles. The summed E-state index contributed by atoms with van der Waals surface area (Å²) in [4.78, 5) is 12.9. The Labute approximate surface area is 111 Å². The molecule has 0 unspecified atom stereocenters. The van der Waals surface area contributed by atoms with Crippen molar-refractivity contribution in [3.8, 4) is 0 Å². The van der Waals surface area contributed by atoms with E-state index in [1.807, 2.05) is 20.0 Å². The number of aromatic carboxylic acids is 1. The number of carbonyl (C=O) groups is 1. The number of rotatable bonds is 5. The molecule has 0 aliphatic heterocycles. The molecule has 0 amide bonds. The van der Waals surface area contributed by atoms with Gasteiger partial charge < -0.3 is 13.9 Å². The fourth-order valence-corrected chi connectivity index (χ4v) is 1.99. The van der Waals surface area contributed by atoms with Gasteiger partial charge in [-0.2, -0.15) is 0 Å². The van der Waals surface area contributed by atoms with Crippen LogP contribution in [0.1, 0.15) is 33.2 Å². The minimum atomic E-state index is -1.04. The lowest BCUT2D eigenvalue weighted by atomic mass is 10.2. The summed E-state index contributed by atoms with van der Waals surface area (Å²) >= 11 is 0.